The molecule has 7 heteroatoms. The smallest absolute Gasteiger partial charge is 0.228 e. The van der Waals surface area contributed by atoms with E-state index in [1.807, 2.05) is 12.3 Å². The van der Waals surface area contributed by atoms with Crippen LogP contribution in [0.1, 0.15) is 30.3 Å². The summed E-state index contributed by atoms with van der Waals surface area (Å²) in [7, 11) is 2.13. The van der Waals surface area contributed by atoms with Crippen molar-refractivity contribution >= 4 is 34.0 Å². The largest absolute Gasteiger partial charge is 0.383 e. The van der Waals surface area contributed by atoms with Gasteiger partial charge in [0.1, 0.15) is 5.82 Å². The van der Waals surface area contributed by atoms with Gasteiger partial charge < -0.3 is 15.5 Å². The summed E-state index contributed by atoms with van der Waals surface area (Å²) in [5.41, 5.74) is 7.98. The van der Waals surface area contributed by atoms with Gasteiger partial charge in [-0.1, -0.05) is 19.9 Å². The molecule has 0 aromatic carbocycles. The van der Waals surface area contributed by atoms with Gasteiger partial charge in [0.05, 0.1) is 11.7 Å². The van der Waals surface area contributed by atoms with Crippen molar-refractivity contribution in [2.45, 2.75) is 26.7 Å². The molecular weight excluding hydrogens is 356 g/mol. The molecule has 0 atom stereocenters. The Morgan fingerprint density at radius 1 is 1.15 bits per heavy atom. The van der Waals surface area contributed by atoms with E-state index >= 15 is 0 Å². The van der Waals surface area contributed by atoms with Crippen LogP contribution in [-0.4, -0.2) is 53.1 Å². The second kappa shape index (κ2) is 8.63. The van der Waals surface area contributed by atoms with Crippen LogP contribution in [0.5, 0.6) is 0 Å². The van der Waals surface area contributed by atoms with Crippen LogP contribution >= 0.6 is 11.3 Å². The molecule has 3 aromatic rings. The van der Waals surface area contributed by atoms with Gasteiger partial charge in [-0.15, -0.1) is 11.3 Å². The van der Waals surface area contributed by atoms with Gasteiger partial charge in [-0.3, -0.25) is 4.98 Å². The lowest BCUT2D eigenvalue weighted by Gasteiger charge is -2.32. The number of nitrogens with zero attached hydrogens (tertiary/aromatic N) is 5. The van der Waals surface area contributed by atoms with E-state index in [1.165, 1.54) is 4.88 Å². The average Bonchev–Trinajstić information content (AvgIpc) is 3.13. The highest BCUT2D eigenvalue weighted by Gasteiger charge is 2.18. The van der Waals surface area contributed by atoms with Gasteiger partial charge in [0.15, 0.2) is 0 Å². The highest BCUT2D eigenvalue weighted by atomic mass is 32.1. The number of thiophene rings is 1. The molecule has 0 spiro atoms. The molecule has 0 radical (unpaired) electrons. The van der Waals surface area contributed by atoms with Crippen LogP contribution in [0.4, 0.5) is 11.8 Å². The Morgan fingerprint density at radius 2 is 1.89 bits per heavy atom. The molecule has 1 fully saturated rings. The summed E-state index contributed by atoms with van der Waals surface area (Å²) in [6.07, 6.45) is 1.81. The summed E-state index contributed by atoms with van der Waals surface area (Å²) < 4.78 is 0. The lowest BCUT2D eigenvalue weighted by atomic mass is 10.1. The predicted octanol–water partition coefficient (Wildman–Crippen LogP) is 3.54. The van der Waals surface area contributed by atoms with Gasteiger partial charge >= 0.3 is 0 Å². The molecule has 0 amide bonds. The van der Waals surface area contributed by atoms with Gasteiger partial charge in [0, 0.05) is 42.1 Å². The molecular formula is C20H28N6S. The number of piperazine rings is 1. The Bertz CT molecular complexity index is 870. The molecule has 1 saturated heterocycles. The molecule has 144 valence electrons. The van der Waals surface area contributed by atoms with Gasteiger partial charge in [0.25, 0.3) is 0 Å². The first kappa shape index (κ1) is 19.5. The number of aromatic nitrogens is 3. The Hall–Kier alpha value is -2.25. The fourth-order valence-corrected chi connectivity index (χ4v) is 3.41. The minimum Gasteiger partial charge on any atom is -0.383 e. The molecule has 1 aliphatic rings. The average molecular weight is 385 g/mol. The Labute approximate surface area is 165 Å². The number of hydrogen-bond acceptors (Lipinski definition) is 7. The Kier molecular flexibility index (Phi) is 6.23. The van der Waals surface area contributed by atoms with Crippen molar-refractivity contribution in [1.29, 1.82) is 0 Å². The number of anilines is 2. The van der Waals surface area contributed by atoms with E-state index in [0.29, 0.717) is 17.7 Å². The summed E-state index contributed by atoms with van der Waals surface area (Å²) in [5, 5.41) is 2.97. The second-order valence-electron chi connectivity index (χ2n) is 7.20. The fraction of sp³-hybridized carbons (Fsp3) is 0.450. The van der Waals surface area contributed by atoms with E-state index in [1.54, 1.807) is 11.3 Å². The number of nitrogen functional groups attached to an aromatic ring is 1. The molecule has 2 N–H and O–H groups in total. The second-order valence-corrected chi connectivity index (χ2v) is 8.36. The lowest BCUT2D eigenvalue weighted by Crippen LogP contribution is -2.45. The summed E-state index contributed by atoms with van der Waals surface area (Å²) in [4.78, 5) is 19.5. The molecule has 3 aromatic heterocycles. The van der Waals surface area contributed by atoms with E-state index in [0.717, 1.165) is 42.8 Å². The minimum absolute atomic E-state index is 0.367. The van der Waals surface area contributed by atoms with Crippen molar-refractivity contribution in [3.05, 3.63) is 40.3 Å². The topological polar surface area (TPSA) is 71.2 Å². The Balaban J connectivity index is 0.000000299. The van der Waals surface area contributed by atoms with Gasteiger partial charge in [0.2, 0.25) is 5.95 Å². The molecule has 0 unspecified atom stereocenters. The molecule has 0 bridgehead atoms. The number of pyridine rings is 1. The predicted molar refractivity (Wildman–Crippen MR) is 115 cm³/mol. The first-order valence-corrected chi connectivity index (χ1v) is 10.2. The van der Waals surface area contributed by atoms with Crippen molar-refractivity contribution < 1.29 is 0 Å². The molecule has 0 aliphatic carbocycles. The zero-order chi connectivity index (χ0) is 19.4. The molecule has 1 aliphatic heterocycles. The first-order chi connectivity index (χ1) is 12.9. The standard InChI is InChI=1S/C15H22N6.C5H6S/c1-10(2)12-8-11-13(9-17-12)18-15(19-14(11)16)21-6-4-20(3)5-7-21;1-5-3-2-4-6-5/h8-10H,4-7H2,1-3H3,(H2,16,18,19);2-4H,1H3. The van der Waals surface area contributed by atoms with Crippen molar-refractivity contribution in [2.75, 3.05) is 43.9 Å². The normalized spacial score (nSPS) is 15.1. The van der Waals surface area contributed by atoms with E-state index < -0.39 is 0 Å². The number of likely N-dealkylation sites (N-methyl/N-ethyl adjacent to an activating group) is 1. The van der Waals surface area contributed by atoms with Crippen molar-refractivity contribution in [2.24, 2.45) is 0 Å². The summed E-state index contributed by atoms with van der Waals surface area (Å²) in [5.74, 6) is 1.62. The van der Waals surface area contributed by atoms with Crippen LogP contribution in [0.2, 0.25) is 0 Å². The van der Waals surface area contributed by atoms with Crippen LogP contribution in [-0.2, 0) is 0 Å². The number of hydrogen-bond donors (Lipinski definition) is 1. The van der Waals surface area contributed by atoms with E-state index in [-0.39, 0.29) is 0 Å². The zero-order valence-electron chi connectivity index (χ0n) is 16.5. The number of rotatable bonds is 2. The summed E-state index contributed by atoms with van der Waals surface area (Å²) in [6.45, 7) is 10.2. The maximum absolute atomic E-state index is 6.14. The molecule has 27 heavy (non-hydrogen) atoms. The molecule has 4 rings (SSSR count). The fourth-order valence-electron chi connectivity index (χ4n) is 2.88. The maximum atomic E-state index is 6.14. The van der Waals surface area contributed by atoms with Crippen molar-refractivity contribution in [3.8, 4) is 0 Å². The van der Waals surface area contributed by atoms with Crippen molar-refractivity contribution in [1.82, 2.24) is 19.9 Å². The zero-order valence-corrected chi connectivity index (χ0v) is 17.3. The van der Waals surface area contributed by atoms with Gasteiger partial charge in [-0.05, 0) is 37.4 Å². The third-order valence-electron chi connectivity index (χ3n) is 4.66. The third-order valence-corrected chi connectivity index (χ3v) is 5.46. The highest BCUT2D eigenvalue weighted by Crippen LogP contribution is 2.24. The monoisotopic (exact) mass is 384 g/mol. The lowest BCUT2D eigenvalue weighted by molar-refractivity contribution is 0.311. The molecule has 4 heterocycles. The van der Waals surface area contributed by atoms with Gasteiger partial charge in [-0.2, -0.15) is 4.98 Å². The summed E-state index contributed by atoms with van der Waals surface area (Å²) in [6, 6.07) is 6.16. The van der Waals surface area contributed by atoms with Gasteiger partial charge in [-0.25, -0.2) is 4.98 Å². The number of nitrogens with two attached hydrogens (primary N) is 1. The van der Waals surface area contributed by atoms with Crippen LogP contribution in [0.25, 0.3) is 10.9 Å². The Morgan fingerprint density at radius 3 is 2.44 bits per heavy atom. The SMILES string of the molecule is CC(C)c1cc2c(N)nc(N3CCN(C)CC3)nc2cn1.Cc1cccs1. The third kappa shape index (κ3) is 4.93. The van der Waals surface area contributed by atoms with Crippen LogP contribution in [0.15, 0.2) is 29.8 Å². The molecule has 6 nitrogen and oxygen atoms in total. The summed E-state index contributed by atoms with van der Waals surface area (Å²) >= 11 is 1.78. The highest BCUT2D eigenvalue weighted by molar-refractivity contribution is 7.09. The molecule has 0 saturated carbocycles. The van der Waals surface area contributed by atoms with E-state index in [4.69, 9.17) is 5.73 Å². The number of fused-ring (bicyclic) bond motifs is 1. The first-order valence-electron chi connectivity index (χ1n) is 9.31. The maximum Gasteiger partial charge on any atom is 0.228 e. The quantitative estimate of drug-likeness (QED) is 0.729. The van der Waals surface area contributed by atoms with E-state index in [2.05, 4.69) is 70.1 Å². The number of aryl methyl sites for hydroxylation is 1. The van der Waals surface area contributed by atoms with Crippen LogP contribution in [0, 0.1) is 6.92 Å². The minimum atomic E-state index is 0.367. The van der Waals surface area contributed by atoms with E-state index in [9.17, 15) is 0 Å². The van der Waals surface area contributed by atoms with Crippen molar-refractivity contribution in [3.63, 3.8) is 0 Å². The van der Waals surface area contributed by atoms with Crippen LogP contribution < -0.4 is 10.6 Å². The van der Waals surface area contributed by atoms with Crippen LogP contribution in [0.3, 0.4) is 0 Å².